The topological polar surface area (TPSA) is 63.4 Å². The number of amides is 1. The molecule has 0 saturated heterocycles. The minimum atomic E-state index is 0.0987. The van der Waals surface area contributed by atoms with E-state index in [9.17, 15) is 4.79 Å². The quantitative estimate of drug-likeness (QED) is 0.368. The van der Waals surface area contributed by atoms with E-state index in [0.29, 0.717) is 16.7 Å². The number of hydrogen-bond donors (Lipinski definition) is 0. The van der Waals surface area contributed by atoms with Crippen LogP contribution in [0.4, 0.5) is 0 Å². The van der Waals surface area contributed by atoms with E-state index in [4.69, 9.17) is 4.98 Å². The van der Waals surface area contributed by atoms with Crippen molar-refractivity contribution >= 4 is 34.2 Å². The minimum absolute atomic E-state index is 0.0987. The molecule has 1 atom stereocenters. The highest BCUT2D eigenvalue weighted by atomic mass is 32.2. The Morgan fingerprint density at radius 1 is 1.17 bits per heavy atom. The summed E-state index contributed by atoms with van der Waals surface area (Å²) in [4.78, 5) is 24.3. The molecule has 2 aromatic heterocycles. The third-order valence-corrected chi connectivity index (χ3v) is 6.69. The molecular formula is C23H23N5OS. The van der Waals surface area contributed by atoms with Gasteiger partial charge in [0.25, 0.3) is 0 Å². The largest absolute Gasteiger partial charge is 0.338 e. The molecule has 2 heterocycles. The van der Waals surface area contributed by atoms with Gasteiger partial charge in [0.2, 0.25) is 5.91 Å². The first kappa shape index (κ1) is 19.1. The summed E-state index contributed by atoms with van der Waals surface area (Å²) in [6.45, 7) is 1.87. The summed E-state index contributed by atoms with van der Waals surface area (Å²) in [6, 6.07) is 16.5. The smallest absolute Gasteiger partial charge is 0.233 e. The Labute approximate surface area is 179 Å². The number of hydrogen-bond acceptors (Lipinski definition) is 5. The average Bonchev–Trinajstić information content (AvgIpc) is 3.18. The number of carbonyl (C=O) groups is 1. The van der Waals surface area contributed by atoms with Gasteiger partial charge in [0.15, 0.2) is 10.8 Å². The summed E-state index contributed by atoms with van der Waals surface area (Å²) in [6.07, 6.45) is 3.20. The van der Waals surface area contributed by atoms with Crippen LogP contribution in [0.3, 0.4) is 0 Å². The lowest BCUT2D eigenvalue weighted by Gasteiger charge is -2.33. The Balaban J connectivity index is 1.40. The van der Waals surface area contributed by atoms with Crippen molar-refractivity contribution in [2.45, 2.75) is 37.4 Å². The summed E-state index contributed by atoms with van der Waals surface area (Å²) in [5.41, 5.74) is 4.28. The van der Waals surface area contributed by atoms with E-state index >= 15 is 0 Å². The molecule has 7 heteroatoms. The first-order valence-electron chi connectivity index (χ1n) is 10.2. The van der Waals surface area contributed by atoms with Gasteiger partial charge in [-0.3, -0.25) is 4.79 Å². The number of fused-ring (bicyclic) bond motifs is 4. The number of benzene rings is 2. The van der Waals surface area contributed by atoms with Crippen molar-refractivity contribution in [2.75, 3.05) is 12.8 Å². The molecule has 0 aliphatic heterocycles. The normalized spacial score (nSPS) is 16.0. The molecule has 1 amide bonds. The van der Waals surface area contributed by atoms with Gasteiger partial charge in [-0.05, 0) is 49.4 Å². The van der Waals surface area contributed by atoms with Crippen molar-refractivity contribution in [1.29, 1.82) is 0 Å². The lowest BCUT2D eigenvalue weighted by Crippen LogP contribution is -2.34. The molecule has 5 rings (SSSR count). The lowest BCUT2D eigenvalue weighted by molar-refractivity contribution is -0.129. The predicted octanol–water partition coefficient (Wildman–Crippen LogP) is 4.21. The standard InChI is InChI=1S/C23H23N5OS/c1-15-24-22-18-11-5-6-12-19(18)25-23(28(22)26-15)30-14-21(29)27(2)20-13-7-9-16-8-3-4-10-17(16)20/h3-6,8,10-12,20H,7,9,13-14H2,1-2H3. The molecule has 0 saturated carbocycles. The highest BCUT2D eigenvalue weighted by Gasteiger charge is 2.26. The fourth-order valence-electron chi connectivity index (χ4n) is 4.26. The SMILES string of the molecule is Cc1nc2c3ccccc3nc(SCC(=O)N(C)C3CCCc4ccccc43)n2n1. The van der Waals surface area contributed by atoms with Crippen molar-refractivity contribution in [3.63, 3.8) is 0 Å². The first-order chi connectivity index (χ1) is 14.6. The number of aryl methyl sites for hydroxylation is 2. The van der Waals surface area contributed by atoms with Gasteiger partial charge < -0.3 is 4.90 Å². The van der Waals surface area contributed by atoms with Crippen molar-refractivity contribution in [3.05, 3.63) is 65.5 Å². The average molecular weight is 418 g/mol. The zero-order chi connectivity index (χ0) is 20.7. The number of rotatable bonds is 4. The molecule has 0 N–H and O–H groups in total. The number of nitrogens with zero attached hydrogens (tertiary/aromatic N) is 5. The molecular weight excluding hydrogens is 394 g/mol. The second kappa shape index (κ2) is 7.72. The van der Waals surface area contributed by atoms with E-state index in [0.717, 1.165) is 35.8 Å². The first-order valence-corrected chi connectivity index (χ1v) is 11.2. The van der Waals surface area contributed by atoms with Gasteiger partial charge in [-0.1, -0.05) is 48.2 Å². The second-order valence-corrected chi connectivity index (χ2v) is 8.65. The Morgan fingerprint density at radius 2 is 1.97 bits per heavy atom. The molecule has 152 valence electrons. The Hall–Kier alpha value is -2.93. The zero-order valence-electron chi connectivity index (χ0n) is 17.1. The molecule has 4 aromatic rings. The van der Waals surface area contributed by atoms with E-state index in [1.165, 1.54) is 22.9 Å². The van der Waals surface area contributed by atoms with E-state index < -0.39 is 0 Å². The Bertz CT molecular complexity index is 1250. The molecule has 1 unspecified atom stereocenters. The van der Waals surface area contributed by atoms with Crippen LogP contribution in [0.15, 0.2) is 53.7 Å². The van der Waals surface area contributed by atoms with Crippen LogP contribution in [0, 0.1) is 6.92 Å². The number of carbonyl (C=O) groups excluding carboxylic acids is 1. The van der Waals surface area contributed by atoms with Crippen molar-refractivity contribution in [1.82, 2.24) is 24.5 Å². The second-order valence-electron chi connectivity index (χ2n) is 7.71. The van der Waals surface area contributed by atoms with Crippen LogP contribution in [-0.4, -0.2) is 43.2 Å². The molecule has 30 heavy (non-hydrogen) atoms. The fraction of sp³-hybridized carbons (Fsp3) is 0.304. The van der Waals surface area contributed by atoms with Gasteiger partial charge in [-0.25, -0.2) is 9.97 Å². The number of thioether (sulfide) groups is 1. The van der Waals surface area contributed by atoms with Crippen LogP contribution >= 0.6 is 11.8 Å². The van der Waals surface area contributed by atoms with E-state index in [1.54, 1.807) is 4.52 Å². The highest BCUT2D eigenvalue weighted by Crippen LogP contribution is 2.34. The van der Waals surface area contributed by atoms with Gasteiger partial charge in [0.05, 0.1) is 17.3 Å². The molecule has 1 aliphatic rings. The molecule has 0 bridgehead atoms. The van der Waals surface area contributed by atoms with Gasteiger partial charge in [0, 0.05) is 12.4 Å². The van der Waals surface area contributed by atoms with Gasteiger partial charge in [0.1, 0.15) is 5.82 Å². The van der Waals surface area contributed by atoms with Crippen LogP contribution < -0.4 is 0 Å². The molecule has 6 nitrogen and oxygen atoms in total. The summed E-state index contributed by atoms with van der Waals surface area (Å²) < 4.78 is 1.76. The van der Waals surface area contributed by atoms with Crippen LogP contribution in [0.2, 0.25) is 0 Å². The van der Waals surface area contributed by atoms with Gasteiger partial charge >= 0.3 is 0 Å². The molecule has 0 fully saturated rings. The maximum atomic E-state index is 13.1. The number of para-hydroxylation sites is 1. The lowest BCUT2D eigenvalue weighted by atomic mass is 9.87. The summed E-state index contributed by atoms with van der Waals surface area (Å²) in [5, 5.41) is 6.16. The predicted molar refractivity (Wildman–Crippen MR) is 119 cm³/mol. The maximum Gasteiger partial charge on any atom is 0.233 e. The maximum absolute atomic E-state index is 13.1. The summed E-state index contributed by atoms with van der Waals surface area (Å²) >= 11 is 1.42. The van der Waals surface area contributed by atoms with Gasteiger partial charge in [-0.15, -0.1) is 5.10 Å². The van der Waals surface area contributed by atoms with Crippen molar-refractivity contribution < 1.29 is 4.79 Å². The van der Waals surface area contributed by atoms with E-state index in [-0.39, 0.29) is 11.9 Å². The van der Waals surface area contributed by atoms with E-state index in [2.05, 4.69) is 34.3 Å². The Morgan fingerprint density at radius 3 is 2.87 bits per heavy atom. The van der Waals surface area contributed by atoms with Crippen LogP contribution in [0.25, 0.3) is 16.6 Å². The van der Waals surface area contributed by atoms with Crippen molar-refractivity contribution in [3.8, 4) is 0 Å². The molecule has 0 radical (unpaired) electrons. The van der Waals surface area contributed by atoms with Crippen LogP contribution in [0.5, 0.6) is 0 Å². The van der Waals surface area contributed by atoms with Gasteiger partial charge in [-0.2, -0.15) is 4.52 Å². The zero-order valence-corrected chi connectivity index (χ0v) is 17.9. The molecule has 0 spiro atoms. The van der Waals surface area contributed by atoms with E-state index in [1.807, 2.05) is 43.1 Å². The third kappa shape index (κ3) is 3.33. The Kier molecular flexibility index (Phi) is 4.90. The minimum Gasteiger partial charge on any atom is -0.338 e. The fourth-order valence-corrected chi connectivity index (χ4v) is 5.13. The molecule has 1 aliphatic carbocycles. The summed E-state index contributed by atoms with van der Waals surface area (Å²) in [5.74, 6) is 1.10. The van der Waals surface area contributed by atoms with Crippen LogP contribution in [0.1, 0.15) is 35.8 Å². The summed E-state index contributed by atoms with van der Waals surface area (Å²) in [7, 11) is 1.92. The van der Waals surface area contributed by atoms with Crippen LogP contribution in [-0.2, 0) is 11.2 Å². The number of aromatic nitrogens is 4. The third-order valence-electron chi connectivity index (χ3n) is 5.78. The molecule has 2 aromatic carbocycles. The van der Waals surface area contributed by atoms with Crippen molar-refractivity contribution in [2.24, 2.45) is 0 Å². The monoisotopic (exact) mass is 417 g/mol. The highest BCUT2D eigenvalue weighted by molar-refractivity contribution is 7.99.